The van der Waals surface area contributed by atoms with E-state index in [1.807, 2.05) is 72.8 Å². The van der Waals surface area contributed by atoms with Crippen LogP contribution in [0.2, 0.25) is 0 Å². The Hall–Kier alpha value is -7.11. The van der Waals surface area contributed by atoms with Gasteiger partial charge in [-0.15, -0.1) is 0 Å². The summed E-state index contributed by atoms with van der Waals surface area (Å²) in [6, 6.07) is 56.5. The summed E-state index contributed by atoms with van der Waals surface area (Å²) in [6.45, 7) is 0. The summed E-state index contributed by atoms with van der Waals surface area (Å²) in [7, 11) is 0. The third kappa shape index (κ3) is 4.53. The molecule has 0 aliphatic carbocycles. The average Bonchev–Trinajstić information content (AvgIpc) is 3.78. The van der Waals surface area contributed by atoms with Crippen LogP contribution in [-0.4, -0.2) is 15.0 Å². The van der Waals surface area contributed by atoms with Crippen LogP contribution in [0.5, 0.6) is 0 Å². The number of rotatable bonds is 4. The normalized spacial score (nSPS) is 11.8. The first kappa shape index (κ1) is 28.7. The fourth-order valence-electron chi connectivity index (χ4n) is 7.57. The predicted octanol–water partition coefficient (Wildman–Crippen LogP) is 12.6. The van der Waals surface area contributed by atoms with Crippen molar-refractivity contribution in [3.63, 3.8) is 0 Å². The number of hydrogen-bond donors (Lipinski definition) is 0. The van der Waals surface area contributed by atoms with Crippen LogP contribution in [0.25, 0.3) is 111 Å². The fourth-order valence-corrected chi connectivity index (χ4v) is 7.57. The van der Waals surface area contributed by atoms with E-state index >= 15 is 0 Å². The van der Waals surface area contributed by atoms with Crippen molar-refractivity contribution in [2.75, 3.05) is 0 Å². The van der Waals surface area contributed by atoms with E-state index in [0.29, 0.717) is 17.5 Å². The Bertz CT molecular complexity index is 3180. The van der Waals surface area contributed by atoms with Crippen molar-refractivity contribution in [1.82, 2.24) is 15.0 Å². The fraction of sp³-hybridized carbons (Fsp3) is 0. The SMILES string of the molecule is c1ccc(-c2nc(-c3ccc(-c4ccc5ccc6cc7oc8ccccc8c7cc6c5c4)cc3)nc(-c3cccc4oc5ccccc5c34)n2)cc1. The number of para-hydroxylation sites is 2. The molecule has 0 spiro atoms. The summed E-state index contributed by atoms with van der Waals surface area (Å²) >= 11 is 0. The lowest BCUT2D eigenvalue weighted by molar-refractivity contribution is 0.669. The minimum absolute atomic E-state index is 0.603. The minimum atomic E-state index is 0.603. The van der Waals surface area contributed by atoms with Gasteiger partial charge in [-0.25, -0.2) is 15.0 Å². The maximum absolute atomic E-state index is 6.21. The summed E-state index contributed by atoms with van der Waals surface area (Å²) in [5.41, 5.74) is 8.46. The van der Waals surface area contributed by atoms with Crippen molar-refractivity contribution in [3.8, 4) is 45.3 Å². The van der Waals surface area contributed by atoms with Gasteiger partial charge in [-0.2, -0.15) is 0 Å². The highest BCUT2D eigenvalue weighted by Gasteiger charge is 2.18. The smallest absolute Gasteiger partial charge is 0.164 e. The van der Waals surface area contributed by atoms with Crippen molar-refractivity contribution < 1.29 is 8.83 Å². The molecular weight excluding hydrogens is 639 g/mol. The van der Waals surface area contributed by atoms with E-state index in [9.17, 15) is 0 Å². The molecule has 3 heterocycles. The van der Waals surface area contributed by atoms with E-state index in [2.05, 4.69) is 91.0 Å². The largest absolute Gasteiger partial charge is 0.456 e. The first-order valence-electron chi connectivity index (χ1n) is 17.3. The molecule has 0 saturated carbocycles. The number of benzene rings is 8. The summed E-state index contributed by atoms with van der Waals surface area (Å²) in [5, 5.41) is 9.08. The number of furan rings is 2. The predicted molar refractivity (Wildman–Crippen MR) is 211 cm³/mol. The summed E-state index contributed by atoms with van der Waals surface area (Å²) in [5.74, 6) is 1.84. The van der Waals surface area contributed by atoms with Gasteiger partial charge in [0.25, 0.3) is 0 Å². The van der Waals surface area contributed by atoms with Gasteiger partial charge >= 0.3 is 0 Å². The Balaban J connectivity index is 1.03. The average molecular weight is 666 g/mol. The molecule has 52 heavy (non-hydrogen) atoms. The van der Waals surface area contributed by atoms with Crippen molar-refractivity contribution in [1.29, 1.82) is 0 Å². The Morgan fingerprint density at radius 2 is 0.885 bits per heavy atom. The molecule has 0 radical (unpaired) electrons. The number of fused-ring (bicyclic) bond motifs is 9. The second kappa shape index (κ2) is 11.2. The van der Waals surface area contributed by atoms with Gasteiger partial charge in [-0.05, 0) is 69.1 Å². The van der Waals surface area contributed by atoms with Gasteiger partial charge in [0.15, 0.2) is 17.5 Å². The molecule has 0 amide bonds. The highest BCUT2D eigenvalue weighted by molar-refractivity contribution is 6.17. The van der Waals surface area contributed by atoms with Crippen LogP contribution in [0.1, 0.15) is 0 Å². The molecule has 0 bridgehead atoms. The van der Waals surface area contributed by atoms with Crippen LogP contribution >= 0.6 is 0 Å². The lowest BCUT2D eigenvalue weighted by Crippen LogP contribution is -2.00. The van der Waals surface area contributed by atoms with Crippen molar-refractivity contribution in [3.05, 3.63) is 164 Å². The van der Waals surface area contributed by atoms with E-state index in [4.69, 9.17) is 23.8 Å². The molecule has 0 atom stereocenters. The Morgan fingerprint density at radius 3 is 1.71 bits per heavy atom. The molecule has 0 N–H and O–H groups in total. The molecule has 5 heteroatoms. The van der Waals surface area contributed by atoms with E-state index in [0.717, 1.165) is 77.1 Å². The van der Waals surface area contributed by atoms with Crippen molar-refractivity contribution >= 4 is 65.4 Å². The molecule has 0 saturated heterocycles. The quantitative estimate of drug-likeness (QED) is 0.175. The third-order valence-electron chi connectivity index (χ3n) is 10.1. The Morgan fingerprint density at radius 1 is 0.308 bits per heavy atom. The molecule has 11 aromatic rings. The lowest BCUT2D eigenvalue weighted by Gasteiger charge is -2.10. The second-order valence-electron chi connectivity index (χ2n) is 13.2. The van der Waals surface area contributed by atoms with E-state index in [1.54, 1.807) is 0 Å². The summed E-state index contributed by atoms with van der Waals surface area (Å²) < 4.78 is 12.4. The van der Waals surface area contributed by atoms with Crippen LogP contribution in [0.4, 0.5) is 0 Å². The molecule has 0 aliphatic heterocycles. The highest BCUT2D eigenvalue weighted by atomic mass is 16.3. The third-order valence-corrected chi connectivity index (χ3v) is 10.1. The molecule has 0 unspecified atom stereocenters. The lowest BCUT2D eigenvalue weighted by atomic mass is 9.95. The summed E-state index contributed by atoms with van der Waals surface area (Å²) in [4.78, 5) is 15.1. The molecule has 0 fully saturated rings. The van der Waals surface area contributed by atoms with E-state index in [1.165, 1.54) is 16.2 Å². The Labute approximate surface area is 297 Å². The molecule has 8 aromatic carbocycles. The zero-order chi connectivity index (χ0) is 34.2. The van der Waals surface area contributed by atoms with E-state index in [-0.39, 0.29) is 0 Å². The maximum Gasteiger partial charge on any atom is 0.164 e. The van der Waals surface area contributed by atoms with Crippen LogP contribution in [0.3, 0.4) is 0 Å². The molecule has 242 valence electrons. The first-order valence-corrected chi connectivity index (χ1v) is 17.3. The minimum Gasteiger partial charge on any atom is -0.456 e. The molecule has 0 aliphatic rings. The van der Waals surface area contributed by atoms with Crippen LogP contribution in [0.15, 0.2) is 173 Å². The highest BCUT2D eigenvalue weighted by Crippen LogP contribution is 2.38. The second-order valence-corrected chi connectivity index (χ2v) is 13.2. The van der Waals surface area contributed by atoms with Crippen LogP contribution in [-0.2, 0) is 0 Å². The van der Waals surface area contributed by atoms with Crippen LogP contribution < -0.4 is 0 Å². The van der Waals surface area contributed by atoms with Gasteiger partial charge in [0, 0.05) is 38.2 Å². The molecule has 3 aromatic heterocycles. The number of hydrogen-bond acceptors (Lipinski definition) is 5. The van der Waals surface area contributed by atoms with Gasteiger partial charge in [-0.1, -0.05) is 127 Å². The molecular formula is C47H27N3O2. The van der Waals surface area contributed by atoms with Gasteiger partial charge in [0.05, 0.1) is 0 Å². The van der Waals surface area contributed by atoms with Gasteiger partial charge in [0.2, 0.25) is 0 Å². The number of nitrogens with zero attached hydrogens (tertiary/aromatic N) is 3. The van der Waals surface area contributed by atoms with Gasteiger partial charge < -0.3 is 8.83 Å². The van der Waals surface area contributed by atoms with Crippen molar-refractivity contribution in [2.24, 2.45) is 0 Å². The van der Waals surface area contributed by atoms with Gasteiger partial charge in [-0.3, -0.25) is 0 Å². The van der Waals surface area contributed by atoms with Crippen LogP contribution in [0, 0.1) is 0 Å². The summed E-state index contributed by atoms with van der Waals surface area (Å²) in [6.07, 6.45) is 0. The monoisotopic (exact) mass is 665 g/mol. The maximum atomic E-state index is 6.21. The zero-order valence-corrected chi connectivity index (χ0v) is 27.7. The molecule has 5 nitrogen and oxygen atoms in total. The first-order chi connectivity index (χ1) is 25.7. The molecule has 11 rings (SSSR count). The number of aromatic nitrogens is 3. The van der Waals surface area contributed by atoms with E-state index < -0.39 is 0 Å². The van der Waals surface area contributed by atoms with Gasteiger partial charge in [0.1, 0.15) is 22.3 Å². The zero-order valence-electron chi connectivity index (χ0n) is 27.7. The van der Waals surface area contributed by atoms with Crippen molar-refractivity contribution in [2.45, 2.75) is 0 Å². The topological polar surface area (TPSA) is 65.0 Å². The standard InChI is InChI=1S/C47H27N3O2/c1-2-9-30(10-3-1)45-48-46(50-47(49-45)36-13-8-16-42-44(36)35-12-5-7-15-41(35)51-42)31-21-17-28(18-22-31)32-23-19-29-20-24-33-26-43-39(27-38(33)37(29)25-32)34-11-4-6-14-40(34)52-43/h1-27H. The Kier molecular flexibility index (Phi) is 6.18.